The highest BCUT2D eigenvalue weighted by molar-refractivity contribution is 6.36. The number of esters is 1. The van der Waals surface area contributed by atoms with Gasteiger partial charge in [0, 0.05) is 5.57 Å². The minimum absolute atomic E-state index is 0.0216. The zero-order chi connectivity index (χ0) is 16.3. The van der Waals surface area contributed by atoms with Crippen LogP contribution in [0.15, 0.2) is 12.2 Å². The first-order chi connectivity index (χ1) is 9.82. The van der Waals surface area contributed by atoms with Crippen molar-refractivity contribution in [3.8, 4) is 0 Å². The van der Waals surface area contributed by atoms with E-state index in [0.29, 0.717) is 24.0 Å². The molecule has 0 aliphatic heterocycles. The maximum atomic E-state index is 11.2. The van der Waals surface area contributed by atoms with Gasteiger partial charge in [-0.2, -0.15) is 0 Å². The van der Waals surface area contributed by atoms with Crippen molar-refractivity contribution in [1.29, 1.82) is 0 Å². The Bertz CT molecular complexity index is 291. The Labute approximate surface area is 132 Å². The monoisotopic (exact) mass is 316 g/mol. The number of ether oxygens (including phenoxy) is 3. The fraction of sp³-hybridized carbons (Fsp3) is 0.812. The first kappa shape index (κ1) is 20.3. The van der Waals surface area contributed by atoms with Gasteiger partial charge in [0.05, 0.1) is 29.3 Å². The summed E-state index contributed by atoms with van der Waals surface area (Å²) in [5.41, 5.74) is 0.450. The largest absolute Gasteiger partial charge is 0.462 e. The lowest BCUT2D eigenvalue weighted by atomic mass is 10.2. The lowest BCUT2D eigenvalue weighted by Crippen LogP contribution is -2.28. The smallest absolute Gasteiger partial charge is 0.333 e. The van der Waals surface area contributed by atoms with E-state index in [4.69, 9.17) is 14.2 Å². The lowest BCUT2D eigenvalue weighted by molar-refractivity contribution is -0.138. The van der Waals surface area contributed by atoms with E-state index in [1.807, 2.05) is 0 Å². The summed E-state index contributed by atoms with van der Waals surface area (Å²) in [4.78, 5) is 11.2. The van der Waals surface area contributed by atoms with Crippen molar-refractivity contribution in [3.05, 3.63) is 12.2 Å². The van der Waals surface area contributed by atoms with Gasteiger partial charge in [0.25, 0.3) is 0 Å². The predicted octanol–water partition coefficient (Wildman–Crippen LogP) is 2.71. The van der Waals surface area contributed by atoms with Crippen molar-refractivity contribution in [1.82, 2.24) is 0 Å². The lowest BCUT2D eigenvalue weighted by Gasteiger charge is -2.20. The van der Waals surface area contributed by atoms with Gasteiger partial charge in [0.2, 0.25) is 0 Å². The van der Waals surface area contributed by atoms with Crippen LogP contribution in [0.5, 0.6) is 0 Å². The Morgan fingerprint density at radius 3 is 2.05 bits per heavy atom. The van der Waals surface area contributed by atoms with Gasteiger partial charge < -0.3 is 14.2 Å². The maximum absolute atomic E-state index is 11.2. The Balaban J connectivity index is 3.88. The molecule has 5 heteroatoms. The van der Waals surface area contributed by atoms with Crippen LogP contribution in [0.4, 0.5) is 0 Å². The Morgan fingerprint density at radius 1 is 1.10 bits per heavy atom. The molecule has 4 nitrogen and oxygen atoms in total. The van der Waals surface area contributed by atoms with Crippen molar-refractivity contribution in [3.63, 3.8) is 0 Å². The van der Waals surface area contributed by atoms with Crippen molar-refractivity contribution in [2.24, 2.45) is 11.8 Å². The summed E-state index contributed by atoms with van der Waals surface area (Å²) in [6.07, 6.45) is 0.873. The standard InChI is InChI=1S/C16H32O4Si/c1-12(2)10-19-16(20-11-13(3)4)21-9-7-8-18-15(17)14(5)6/h12-13,16H,5,7-11,21H2,1-4,6H3. The van der Waals surface area contributed by atoms with Crippen LogP contribution in [-0.4, -0.2) is 41.2 Å². The molecule has 0 bridgehead atoms. The van der Waals surface area contributed by atoms with Gasteiger partial charge >= 0.3 is 5.97 Å². The summed E-state index contributed by atoms with van der Waals surface area (Å²) in [6.45, 7) is 15.7. The van der Waals surface area contributed by atoms with Crippen LogP contribution in [0.25, 0.3) is 0 Å². The van der Waals surface area contributed by atoms with Crippen LogP contribution in [0.3, 0.4) is 0 Å². The molecule has 0 aromatic rings. The normalized spacial score (nSPS) is 12.0. The highest BCUT2D eigenvalue weighted by atomic mass is 28.2. The molecule has 0 saturated carbocycles. The van der Waals surface area contributed by atoms with Crippen molar-refractivity contribution in [2.45, 2.75) is 53.0 Å². The van der Waals surface area contributed by atoms with Crippen LogP contribution in [0, 0.1) is 11.8 Å². The van der Waals surface area contributed by atoms with E-state index in [0.717, 1.165) is 25.7 Å². The van der Waals surface area contributed by atoms with Crippen molar-refractivity contribution < 1.29 is 19.0 Å². The highest BCUT2D eigenvalue weighted by Crippen LogP contribution is 2.05. The molecule has 0 radical (unpaired) electrons. The van der Waals surface area contributed by atoms with E-state index in [2.05, 4.69) is 34.3 Å². The summed E-state index contributed by atoms with van der Waals surface area (Å²) in [5, 5.41) is 0. The minimum atomic E-state index is -0.483. The topological polar surface area (TPSA) is 44.8 Å². The number of rotatable bonds is 12. The molecule has 0 spiro atoms. The van der Waals surface area contributed by atoms with Crippen LogP contribution >= 0.6 is 0 Å². The van der Waals surface area contributed by atoms with Crippen molar-refractivity contribution >= 4 is 15.5 Å². The summed E-state index contributed by atoms with van der Waals surface area (Å²) in [6, 6.07) is 1.05. The predicted molar refractivity (Wildman–Crippen MR) is 89.1 cm³/mol. The fourth-order valence-corrected chi connectivity index (χ4v) is 2.95. The molecule has 0 unspecified atom stereocenters. The van der Waals surface area contributed by atoms with Gasteiger partial charge in [-0.1, -0.05) is 40.3 Å². The first-order valence-corrected chi connectivity index (χ1v) is 9.70. The minimum Gasteiger partial charge on any atom is -0.462 e. The molecule has 0 aliphatic rings. The average Bonchev–Trinajstić information content (AvgIpc) is 2.39. The Hall–Kier alpha value is -0.653. The zero-order valence-electron chi connectivity index (χ0n) is 14.3. The van der Waals surface area contributed by atoms with E-state index in [-0.39, 0.29) is 11.9 Å². The molecule has 0 atom stereocenters. The molecule has 0 fully saturated rings. The molecular formula is C16H32O4Si. The molecule has 0 saturated heterocycles. The number of carbonyl (C=O) groups is 1. The molecule has 0 aliphatic carbocycles. The second-order valence-corrected chi connectivity index (χ2v) is 8.25. The number of hydrogen-bond donors (Lipinski definition) is 0. The van der Waals surface area contributed by atoms with E-state index >= 15 is 0 Å². The third-order valence-electron chi connectivity index (χ3n) is 2.65. The van der Waals surface area contributed by atoms with Gasteiger partial charge in [-0.05, 0) is 25.2 Å². The highest BCUT2D eigenvalue weighted by Gasteiger charge is 2.12. The molecule has 0 N–H and O–H groups in total. The number of hydrogen-bond acceptors (Lipinski definition) is 4. The van der Waals surface area contributed by atoms with E-state index < -0.39 is 9.52 Å². The molecule has 0 rings (SSSR count). The van der Waals surface area contributed by atoms with E-state index in [1.54, 1.807) is 6.92 Å². The van der Waals surface area contributed by atoms with Gasteiger partial charge in [-0.15, -0.1) is 0 Å². The Kier molecular flexibility index (Phi) is 11.6. The zero-order valence-corrected chi connectivity index (χ0v) is 15.7. The molecule has 21 heavy (non-hydrogen) atoms. The van der Waals surface area contributed by atoms with E-state index in [1.165, 1.54) is 0 Å². The van der Waals surface area contributed by atoms with Crippen LogP contribution in [-0.2, 0) is 19.0 Å². The summed E-state index contributed by atoms with van der Waals surface area (Å²) >= 11 is 0. The quantitative estimate of drug-likeness (QED) is 0.183. The third-order valence-corrected chi connectivity index (χ3v) is 4.50. The fourth-order valence-electron chi connectivity index (χ4n) is 1.52. The molecule has 124 valence electrons. The van der Waals surface area contributed by atoms with Gasteiger partial charge in [0.1, 0.15) is 5.91 Å². The van der Waals surface area contributed by atoms with Crippen LogP contribution < -0.4 is 0 Å². The third kappa shape index (κ3) is 12.8. The SMILES string of the molecule is C=C(C)C(=O)OCCC[SiH2]C(OCC(C)C)OCC(C)C. The van der Waals surface area contributed by atoms with Crippen LogP contribution in [0.2, 0.25) is 6.04 Å². The van der Waals surface area contributed by atoms with Crippen molar-refractivity contribution in [2.75, 3.05) is 19.8 Å². The van der Waals surface area contributed by atoms with Gasteiger partial charge in [-0.3, -0.25) is 0 Å². The summed E-state index contributed by atoms with van der Waals surface area (Å²) in [5.74, 6) is 0.702. The summed E-state index contributed by atoms with van der Waals surface area (Å²) < 4.78 is 16.8. The molecule has 0 aromatic carbocycles. The second-order valence-electron chi connectivity index (χ2n) is 6.30. The molecule has 0 aromatic heterocycles. The first-order valence-electron chi connectivity index (χ1n) is 7.88. The average molecular weight is 317 g/mol. The second kappa shape index (κ2) is 11.9. The Morgan fingerprint density at radius 2 is 1.62 bits per heavy atom. The number of carbonyl (C=O) groups excluding carboxylic acids is 1. The maximum Gasteiger partial charge on any atom is 0.333 e. The van der Waals surface area contributed by atoms with Crippen LogP contribution in [0.1, 0.15) is 41.0 Å². The summed E-state index contributed by atoms with van der Waals surface area (Å²) in [7, 11) is -0.483. The van der Waals surface area contributed by atoms with Gasteiger partial charge in [0.15, 0.2) is 0 Å². The molecular weight excluding hydrogens is 284 g/mol. The van der Waals surface area contributed by atoms with Gasteiger partial charge in [-0.25, -0.2) is 4.79 Å². The molecule has 0 heterocycles. The van der Waals surface area contributed by atoms with E-state index in [9.17, 15) is 4.79 Å². The molecule has 0 amide bonds.